The molecule has 7 rings (SSSR count). The molecule has 1 saturated heterocycles. The van der Waals surface area contributed by atoms with E-state index in [9.17, 15) is 9.59 Å². The Balaban J connectivity index is 1.20. The van der Waals surface area contributed by atoms with Crippen molar-refractivity contribution in [2.45, 2.75) is 82.6 Å². The van der Waals surface area contributed by atoms with Gasteiger partial charge in [0.2, 0.25) is 0 Å². The van der Waals surface area contributed by atoms with Crippen LogP contribution in [0.15, 0.2) is 48.5 Å². The molecule has 2 aromatic carbocycles. The molecule has 1 spiro atoms. The highest BCUT2D eigenvalue weighted by Crippen LogP contribution is 2.63. The van der Waals surface area contributed by atoms with Crippen LogP contribution < -0.4 is 4.74 Å². The lowest BCUT2D eigenvalue weighted by Gasteiger charge is -2.60. The van der Waals surface area contributed by atoms with Crippen molar-refractivity contribution in [1.82, 2.24) is 9.80 Å². The lowest BCUT2D eigenvalue weighted by molar-refractivity contribution is -0.142. The zero-order valence-corrected chi connectivity index (χ0v) is 24.3. The molecule has 2 aliphatic heterocycles. The third-order valence-electron chi connectivity index (χ3n) is 10.3. The summed E-state index contributed by atoms with van der Waals surface area (Å²) in [5.41, 5.74) is 3.62. The van der Waals surface area contributed by atoms with Gasteiger partial charge in [-0.1, -0.05) is 50.1 Å². The summed E-state index contributed by atoms with van der Waals surface area (Å²) in [4.78, 5) is 30.0. The average molecular weight is 553 g/mol. The van der Waals surface area contributed by atoms with E-state index in [0.717, 1.165) is 56.5 Å². The quantitative estimate of drug-likeness (QED) is 0.388. The molecule has 2 saturated carbocycles. The molecule has 1 amide bonds. The Bertz CT molecular complexity index is 1410. The Morgan fingerprint density at radius 1 is 1.15 bits per heavy atom. The second-order valence-corrected chi connectivity index (χ2v) is 13.2. The molecule has 2 unspecified atom stereocenters. The maximum atomic E-state index is 13.8. The molecular formula is C35H40N2O4. The minimum atomic E-state index is -0.174. The molecule has 3 fully saturated rings. The van der Waals surface area contributed by atoms with Crippen molar-refractivity contribution in [3.63, 3.8) is 0 Å². The fourth-order valence-electron chi connectivity index (χ4n) is 8.67. The summed E-state index contributed by atoms with van der Waals surface area (Å²) >= 11 is 0. The second kappa shape index (κ2) is 10.2. The third-order valence-corrected chi connectivity index (χ3v) is 10.3. The molecule has 214 valence electrons. The summed E-state index contributed by atoms with van der Waals surface area (Å²) in [5, 5.41) is 0. The topological polar surface area (TPSA) is 59.1 Å². The number of ether oxygens (including phenoxy) is 2. The van der Waals surface area contributed by atoms with E-state index in [2.05, 4.69) is 48.8 Å². The van der Waals surface area contributed by atoms with Crippen LogP contribution in [0.2, 0.25) is 0 Å². The summed E-state index contributed by atoms with van der Waals surface area (Å²) in [5.74, 6) is 8.11. The van der Waals surface area contributed by atoms with Gasteiger partial charge in [0.25, 0.3) is 5.91 Å². The van der Waals surface area contributed by atoms with Gasteiger partial charge in [-0.3, -0.25) is 14.5 Å². The average Bonchev–Trinajstić information content (AvgIpc) is 3.58. The second-order valence-electron chi connectivity index (χ2n) is 13.2. The van der Waals surface area contributed by atoms with Crippen LogP contribution in [0, 0.1) is 29.6 Å². The maximum Gasteiger partial charge on any atom is 0.302 e. The molecule has 2 aromatic rings. The summed E-state index contributed by atoms with van der Waals surface area (Å²) in [6.45, 7) is 8.53. The van der Waals surface area contributed by atoms with E-state index in [1.54, 1.807) is 0 Å². The highest BCUT2D eigenvalue weighted by Gasteiger charge is 2.66. The number of carbonyl (C=O) groups is 2. The highest BCUT2D eigenvalue weighted by atomic mass is 16.5. The van der Waals surface area contributed by atoms with E-state index in [0.29, 0.717) is 30.3 Å². The molecule has 6 nitrogen and oxygen atoms in total. The summed E-state index contributed by atoms with van der Waals surface area (Å²) in [6.07, 6.45) is 5.07. The minimum Gasteiger partial charge on any atom is -0.487 e. The monoisotopic (exact) mass is 552 g/mol. The van der Waals surface area contributed by atoms with E-state index >= 15 is 0 Å². The van der Waals surface area contributed by atoms with Gasteiger partial charge in [0.1, 0.15) is 18.0 Å². The molecule has 3 aliphatic carbocycles. The van der Waals surface area contributed by atoms with Crippen molar-refractivity contribution < 1.29 is 19.1 Å². The summed E-state index contributed by atoms with van der Waals surface area (Å²) in [7, 11) is 0. The predicted molar refractivity (Wildman–Crippen MR) is 156 cm³/mol. The van der Waals surface area contributed by atoms with Gasteiger partial charge in [-0.15, -0.1) is 0 Å². The molecule has 0 aromatic heterocycles. The molecule has 0 radical (unpaired) electrons. The number of likely N-dealkylation sites (tertiary alicyclic amines) is 1. The Morgan fingerprint density at radius 3 is 2.76 bits per heavy atom. The fraction of sp³-hybridized carbons (Fsp3) is 0.543. The van der Waals surface area contributed by atoms with E-state index in [-0.39, 0.29) is 35.5 Å². The van der Waals surface area contributed by atoms with E-state index < -0.39 is 0 Å². The smallest absolute Gasteiger partial charge is 0.302 e. The number of hydrogen-bond donors (Lipinski definition) is 0. The van der Waals surface area contributed by atoms with Crippen molar-refractivity contribution in [3.05, 3.63) is 65.2 Å². The van der Waals surface area contributed by atoms with Crippen LogP contribution >= 0.6 is 0 Å². The fourth-order valence-corrected chi connectivity index (χ4v) is 8.67. The molecule has 2 heterocycles. The third kappa shape index (κ3) is 4.54. The predicted octanol–water partition coefficient (Wildman–Crippen LogP) is 4.58. The molecule has 0 N–H and O–H groups in total. The molecule has 2 bridgehead atoms. The van der Waals surface area contributed by atoms with Crippen molar-refractivity contribution in [1.29, 1.82) is 0 Å². The van der Waals surface area contributed by atoms with Gasteiger partial charge in [-0.2, -0.15) is 0 Å². The summed E-state index contributed by atoms with van der Waals surface area (Å²) < 4.78 is 12.5. The van der Waals surface area contributed by atoms with Crippen LogP contribution in [0.5, 0.6) is 5.75 Å². The zero-order chi connectivity index (χ0) is 28.3. The first-order valence-electron chi connectivity index (χ1n) is 15.4. The minimum absolute atomic E-state index is 0.00597. The van der Waals surface area contributed by atoms with Gasteiger partial charge in [0.15, 0.2) is 0 Å². The Hall–Kier alpha value is -3.30. The number of piperidine rings is 1. The number of benzene rings is 2. The first-order chi connectivity index (χ1) is 19.8. The molecule has 7 atom stereocenters. The van der Waals surface area contributed by atoms with Crippen LogP contribution in [0.4, 0.5) is 0 Å². The lowest BCUT2D eigenvalue weighted by atomic mass is 9.51. The van der Waals surface area contributed by atoms with Gasteiger partial charge < -0.3 is 14.4 Å². The number of carbonyl (C=O) groups excluding carboxylic acids is 2. The largest absolute Gasteiger partial charge is 0.487 e. The molecular weight excluding hydrogens is 512 g/mol. The van der Waals surface area contributed by atoms with E-state index in [1.165, 1.54) is 18.1 Å². The lowest BCUT2D eigenvalue weighted by Crippen LogP contribution is -2.69. The first-order valence-corrected chi connectivity index (χ1v) is 15.4. The zero-order valence-electron chi connectivity index (χ0n) is 24.3. The van der Waals surface area contributed by atoms with E-state index in [4.69, 9.17) is 9.47 Å². The number of hydrogen-bond acceptors (Lipinski definition) is 5. The van der Waals surface area contributed by atoms with Crippen LogP contribution in [0.1, 0.15) is 63.1 Å². The highest BCUT2D eigenvalue weighted by molar-refractivity contribution is 5.94. The van der Waals surface area contributed by atoms with Crippen molar-refractivity contribution in [2.24, 2.45) is 17.8 Å². The number of esters is 1. The Kier molecular flexibility index (Phi) is 6.62. The van der Waals surface area contributed by atoms with Crippen LogP contribution in [-0.2, 0) is 26.2 Å². The van der Waals surface area contributed by atoms with Gasteiger partial charge in [0, 0.05) is 54.4 Å². The van der Waals surface area contributed by atoms with Crippen molar-refractivity contribution >= 4 is 11.9 Å². The number of rotatable bonds is 6. The Morgan fingerprint density at radius 2 is 1.98 bits per heavy atom. The van der Waals surface area contributed by atoms with Crippen LogP contribution in [0.3, 0.4) is 0 Å². The standard InChI is InChI=1S/C35H40N2O4/c1-22(2)20-37(32(39)15-12-24-8-5-4-6-9-24)28-14-13-27-29-18-25-10-7-11-30-33(25)35(27,34(28)41-30)16-17-36(29)21-26-19-31(26)40-23(3)38/h4-11,22,26-29,31,34H,13-14,16-21H2,1-3H3/t26?,27-,28-,29+,31?,34-,35-/m0/s1. The number of nitrogens with zero attached hydrogens (tertiary/aromatic N) is 2. The normalized spacial score (nSPS) is 32.3. The van der Waals surface area contributed by atoms with Crippen molar-refractivity contribution in [3.8, 4) is 17.6 Å². The van der Waals surface area contributed by atoms with Crippen LogP contribution in [0.25, 0.3) is 0 Å². The van der Waals surface area contributed by atoms with Crippen LogP contribution in [-0.4, -0.2) is 65.6 Å². The van der Waals surface area contributed by atoms with Crippen molar-refractivity contribution in [2.75, 3.05) is 19.6 Å². The van der Waals surface area contributed by atoms with Gasteiger partial charge >= 0.3 is 5.97 Å². The summed E-state index contributed by atoms with van der Waals surface area (Å²) in [6, 6.07) is 16.8. The Labute approximate surface area is 243 Å². The van der Waals surface area contributed by atoms with Gasteiger partial charge in [0.05, 0.1) is 6.04 Å². The molecule has 6 heteroatoms. The van der Waals surface area contributed by atoms with E-state index in [1.807, 2.05) is 35.2 Å². The number of amides is 1. The van der Waals surface area contributed by atoms with Gasteiger partial charge in [-0.05, 0) is 74.2 Å². The maximum absolute atomic E-state index is 13.8. The molecule has 41 heavy (non-hydrogen) atoms. The SMILES string of the molecule is CC(=O)OC1CC1CN1CC[C@]23c4c5cccc4O[C@H]2[C@@H](N(CC(C)C)C(=O)C#Cc2ccccc2)CC[C@H]3[C@H]1C5. The first kappa shape index (κ1) is 26.6. The molecule has 5 aliphatic rings. The van der Waals surface area contributed by atoms with Gasteiger partial charge in [-0.25, -0.2) is 0 Å².